The van der Waals surface area contributed by atoms with Crippen LogP contribution in [0.15, 0.2) is 24.3 Å². The predicted molar refractivity (Wildman–Crippen MR) is 116 cm³/mol. The van der Waals surface area contributed by atoms with E-state index < -0.39 is 13.9 Å². The van der Waals surface area contributed by atoms with Crippen LogP contribution in [-0.4, -0.2) is 27.1 Å². The topological polar surface area (TPSA) is 38.7 Å². The van der Waals surface area contributed by atoms with Crippen LogP contribution in [0.1, 0.15) is 47.1 Å². The van der Waals surface area contributed by atoms with E-state index in [-0.39, 0.29) is 18.1 Å². The number of ether oxygens (including phenoxy) is 2. The SMILES string of the molecule is COCOc1cc(O)c2c(C#C[Si](C(C)C)(C(C)C)C(C)C)c(F)ccc2c1. The first kappa shape index (κ1) is 22.3. The van der Waals surface area contributed by atoms with Gasteiger partial charge >= 0.3 is 0 Å². The van der Waals surface area contributed by atoms with E-state index in [1.54, 1.807) is 12.1 Å². The fourth-order valence-corrected chi connectivity index (χ4v) is 9.54. The largest absolute Gasteiger partial charge is 0.507 e. The molecule has 2 aromatic rings. The summed E-state index contributed by atoms with van der Waals surface area (Å²) in [7, 11) is -0.491. The Morgan fingerprint density at radius 3 is 2.18 bits per heavy atom. The molecule has 2 rings (SSSR count). The Morgan fingerprint density at radius 2 is 1.64 bits per heavy atom. The van der Waals surface area contributed by atoms with Gasteiger partial charge in [0.2, 0.25) is 0 Å². The normalized spacial score (nSPS) is 12.0. The van der Waals surface area contributed by atoms with Gasteiger partial charge in [-0.25, -0.2) is 4.39 Å². The first-order chi connectivity index (χ1) is 13.1. The van der Waals surface area contributed by atoms with E-state index in [1.165, 1.54) is 19.2 Å². The minimum atomic E-state index is -2.02. The Labute approximate surface area is 168 Å². The van der Waals surface area contributed by atoms with Crippen molar-refractivity contribution in [2.24, 2.45) is 0 Å². The number of benzene rings is 2. The molecule has 5 heteroatoms. The molecule has 28 heavy (non-hydrogen) atoms. The maximum absolute atomic E-state index is 14.7. The lowest BCUT2D eigenvalue weighted by Crippen LogP contribution is -2.43. The summed E-state index contributed by atoms with van der Waals surface area (Å²) >= 11 is 0. The van der Waals surface area contributed by atoms with Gasteiger partial charge in [-0.3, -0.25) is 0 Å². The first-order valence-corrected chi connectivity index (χ1v) is 12.0. The highest BCUT2D eigenvalue weighted by Crippen LogP contribution is 2.41. The van der Waals surface area contributed by atoms with Crippen LogP contribution >= 0.6 is 0 Å². The average Bonchev–Trinajstić information content (AvgIpc) is 2.61. The standard InChI is InChI=1S/C23H31FO3Si/c1-15(2)28(16(3)4,17(5)6)11-10-20-21(24)9-8-18-12-19(27-14-26-7)13-22(25)23(18)20/h8-9,12-13,15-17,25H,14H2,1-7H3. The summed E-state index contributed by atoms with van der Waals surface area (Å²) in [5, 5.41) is 11.7. The molecule has 0 amide bonds. The van der Waals surface area contributed by atoms with Gasteiger partial charge in [-0.1, -0.05) is 53.5 Å². The van der Waals surface area contributed by atoms with Crippen molar-refractivity contribution in [3.05, 3.63) is 35.6 Å². The fourth-order valence-electron chi connectivity index (χ4n) is 4.33. The van der Waals surface area contributed by atoms with Crippen LogP contribution in [0.2, 0.25) is 16.6 Å². The molecule has 0 unspecified atom stereocenters. The molecule has 0 heterocycles. The van der Waals surface area contributed by atoms with Crippen LogP contribution in [0.3, 0.4) is 0 Å². The Morgan fingerprint density at radius 1 is 1.04 bits per heavy atom. The first-order valence-electron chi connectivity index (χ1n) is 9.75. The number of fused-ring (bicyclic) bond motifs is 1. The summed E-state index contributed by atoms with van der Waals surface area (Å²) in [5.41, 5.74) is 5.14. The third-order valence-corrected chi connectivity index (χ3v) is 11.9. The Hall–Kier alpha value is -2.03. The van der Waals surface area contributed by atoms with Crippen LogP contribution in [0.5, 0.6) is 11.5 Å². The molecule has 0 saturated heterocycles. The van der Waals surface area contributed by atoms with Gasteiger partial charge in [-0.2, -0.15) is 0 Å². The van der Waals surface area contributed by atoms with Crippen LogP contribution < -0.4 is 4.74 Å². The molecule has 2 aromatic carbocycles. The molecule has 0 bridgehead atoms. The molecule has 0 fully saturated rings. The van der Waals surface area contributed by atoms with Crippen LogP contribution in [-0.2, 0) is 4.74 Å². The van der Waals surface area contributed by atoms with Crippen LogP contribution in [0.25, 0.3) is 10.8 Å². The molecule has 0 aliphatic rings. The highest BCUT2D eigenvalue weighted by molar-refractivity contribution is 6.90. The third-order valence-electron chi connectivity index (χ3n) is 5.63. The number of hydrogen-bond donors (Lipinski definition) is 1. The Balaban J connectivity index is 2.68. The number of aromatic hydroxyl groups is 1. The van der Waals surface area contributed by atoms with Gasteiger partial charge in [0, 0.05) is 18.6 Å². The number of methoxy groups -OCH3 is 1. The second kappa shape index (κ2) is 8.98. The van der Waals surface area contributed by atoms with Crippen molar-refractivity contribution in [2.75, 3.05) is 13.9 Å². The number of halogens is 1. The van der Waals surface area contributed by atoms with Gasteiger partial charge in [0.15, 0.2) is 6.79 Å². The smallest absolute Gasteiger partial charge is 0.188 e. The van der Waals surface area contributed by atoms with E-state index in [9.17, 15) is 9.50 Å². The number of hydrogen-bond acceptors (Lipinski definition) is 3. The molecule has 0 radical (unpaired) electrons. The van der Waals surface area contributed by atoms with Crippen molar-refractivity contribution < 1.29 is 19.0 Å². The molecule has 3 nitrogen and oxygen atoms in total. The second-order valence-electron chi connectivity index (χ2n) is 8.16. The lowest BCUT2D eigenvalue weighted by Gasteiger charge is -2.38. The Kier molecular flexibility index (Phi) is 7.14. The highest BCUT2D eigenvalue weighted by Gasteiger charge is 2.41. The van der Waals surface area contributed by atoms with E-state index in [0.717, 1.165) is 0 Å². The summed E-state index contributed by atoms with van der Waals surface area (Å²) in [5.74, 6) is 3.16. The molecular formula is C23H31FO3Si. The van der Waals surface area contributed by atoms with Crippen molar-refractivity contribution in [1.82, 2.24) is 0 Å². The van der Waals surface area contributed by atoms with Gasteiger partial charge in [0.05, 0.1) is 5.56 Å². The second-order valence-corrected chi connectivity index (χ2v) is 13.7. The molecule has 152 valence electrons. The highest BCUT2D eigenvalue weighted by atomic mass is 28.3. The van der Waals surface area contributed by atoms with Crippen molar-refractivity contribution in [2.45, 2.75) is 58.2 Å². The number of phenolic OH excluding ortho intramolecular Hbond substituents is 1. The summed E-state index contributed by atoms with van der Waals surface area (Å²) < 4.78 is 25.1. The molecule has 0 saturated carbocycles. The van der Waals surface area contributed by atoms with Gasteiger partial charge < -0.3 is 14.6 Å². The molecule has 0 aliphatic carbocycles. The zero-order valence-corrected chi connectivity index (χ0v) is 18.9. The van der Waals surface area contributed by atoms with Gasteiger partial charge in [-0.15, -0.1) is 5.54 Å². The van der Waals surface area contributed by atoms with Crippen LogP contribution in [0, 0.1) is 17.3 Å². The number of rotatable bonds is 6. The lowest BCUT2D eigenvalue weighted by atomic mass is 10.0. The third kappa shape index (κ3) is 4.18. The predicted octanol–water partition coefficient (Wildman–Crippen LogP) is 6.24. The quantitative estimate of drug-likeness (QED) is 0.353. The van der Waals surface area contributed by atoms with Crippen molar-refractivity contribution in [3.63, 3.8) is 0 Å². The van der Waals surface area contributed by atoms with Gasteiger partial charge in [-0.05, 0) is 34.1 Å². The summed E-state index contributed by atoms with van der Waals surface area (Å²) in [4.78, 5) is 0. The summed E-state index contributed by atoms with van der Waals surface area (Å²) in [6, 6.07) is 6.27. The minimum Gasteiger partial charge on any atom is -0.507 e. The van der Waals surface area contributed by atoms with E-state index in [1.807, 2.05) is 0 Å². The van der Waals surface area contributed by atoms with Crippen molar-refractivity contribution >= 4 is 18.8 Å². The fraction of sp³-hybridized carbons (Fsp3) is 0.478. The van der Waals surface area contributed by atoms with Gasteiger partial charge in [0.25, 0.3) is 0 Å². The summed E-state index contributed by atoms with van der Waals surface area (Å²) in [6.07, 6.45) is 0. The summed E-state index contributed by atoms with van der Waals surface area (Å²) in [6.45, 7) is 13.4. The van der Waals surface area contributed by atoms with E-state index >= 15 is 0 Å². The molecular weight excluding hydrogens is 371 g/mol. The van der Waals surface area contributed by atoms with Crippen LogP contribution in [0.4, 0.5) is 4.39 Å². The lowest BCUT2D eigenvalue weighted by molar-refractivity contribution is 0.0511. The maximum Gasteiger partial charge on any atom is 0.188 e. The van der Waals surface area contributed by atoms with E-state index in [0.29, 0.717) is 33.1 Å². The maximum atomic E-state index is 14.7. The molecule has 0 spiro atoms. The number of phenols is 1. The van der Waals surface area contributed by atoms with Crippen molar-refractivity contribution in [1.29, 1.82) is 0 Å². The monoisotopic (exact) mass is 402 g/mol. The minimum absolute atomic E-state index is 0.0432. The zero-order valence-electron chi connectivity index (χ0n) is 17.9. The van der Waals surface area contributed by atoms with E-state index in [2.05, 4.69) is 53.0 Å². The molecule has 0 aromatic heterocycles. The van der Waals surface area contributed by atoms with E-state index in [4.69, 9.17) is 9.47 Å². The molecule has 0 atom stereocenters. The molecule has 1 N–H and O–H groups in total. The average molecular weight is 403 g/mol. The molecule has 0 aliphatic heterocycles. The van der Waals surface area contributed by atoms with Gasteiger partial charge in [0.1, 0.15) is 25.4 Å². The zero-order chi connectivity index (χ0) is 21.1. The Bertz CT molecular complexity index is 872. The van der Waals surface area contributed by atoms with Crippen molar-refractivity contribution in [3.8, 4) is 23.0 Å².